The number of aromatic nitrogens is 2. The predicted octanol–water partition coefficient (Wildman–Crippen LogP) is 4.67. The normalized spacial score (nSPS) is 11.6. The van der Waals surface area contributed by atoms with E-state index in [0.717, 1.165) is 28.5 Å². The summed E-state index contributed by atoms with van der Waals surface area (Å²) >= 11 is 6.02. The van der Waals surface area contributed by atoms with Crippen LogP contribution in [0.4, 0.5) is 5.69 Å². The predicted molar refractivity (Wildman–Crippen MR) is 91.1 cm³/mol. The molecule has 2 aromatic carbocycles. The van der Waals surface area contributed by atoms with Crippen molar-refractivity contribution in [2.75, 3.05) is 0 Å². The fraction of sp³-hybridized carbons (Fsp3) is 0.111. The van der Waals surface area contributed by atoms with Crippen LogP contribution >= 0.6 is 11.6 Å². The standard InChI is InChI=1S/C18H16ClN3/c1-14-11-16(19)7-8-17(14)21-18(22-10-9-20-13-22)12-15-5-3-2-4-6-15/h2-11,13H,12H2,1H3. The molecule has 1 heterocycles. The van der Waals surface area contributed by atoms with Gasteiger partial charge in [-0.3, -0.25) is 4.57 Å². The summed E-state index contributed by atoms with van der Waals surface area (Å²) in [5.41, 5.74) is 3.18. The Kier molecular flexibility index (Phi) is 4.35. The molecule has 0 spiro atoms. The molecule has 0 saturated heterocycles. The van der Waals surface area contributed by atoms with Gasteiger partial charge < -0.3 is 0 Å². The van der Waals surface area contributed by atoms with E-state index < -0.39 is 0 Å². The summed E-state index contributed by atoms with van der Waals surface area (Å²) < 4.78 is 1.95. The summed E-state index contributed by atoms with van der Waals surface area (Å²) in [4.78, 5) is 8.94. The maximum absolute atomic E-state index is 6.02. The van der Waals surface area contributed by atoms with Crippen LogP contribution in [0.25, 0.3) is 0 Å². The first kappa shape index (κ1) is 14.5. The highest BCUT2D eigenvalue weighted by Gasteiger charge is 2.06. The molecule has 0 aliphatic carbocycles. The van der Waals surface area contributed by atoms with Crippen LogP contribution in [0, 0.1) is 6.92 Å². The van der Waals surface area contributed by atoms with Gasteiger partial charge >= 0.3 is 0 Å². The Balaban J connectivity index is 2.00. The number of hydrogen-bond acceptors (Lipinski definition) is 2. The Morgan fingerprint density at radius 1 is 1.18 bits per heavy atom. The van der Waals surface area contributed by atoms with E-state index in [9.17, 15) is 0 Å². The molecule has 0 unspecified atom stereocenters. The Hall–Kier alpha value is -2.39. The summed E-state index contributed by atoms with van der Waals surface area (Å²) in [7, 11) is 0. The van der Waals surface area contributed by atoms with E-state index >= 15 is 0 Å². The van der Waals surface area contributed by atoms with Crippen molar-refractivity contribution in [3.8, 4) is 0 Å². The maximum atomic E-state index is 6.02. The number of benzene rings is 2. The van der Waals surface area contributed by atoms with Crippen LogP contribution < -0.4 is 0 Å². The van der Waals surface area contributed by atoms with Crippen LogP contribution in [0.2, 0.25) is 5.02 Å². The molecule has 3 nitrogen and oxygen atoms in total. The first-order chi connectivity index (χ1) is 10.7. The molecular weight excluding hydrogens is 294 g/mol. The third-order valence-corrected chi connectivity index (χ3v) is 3.65. The number of aliphatic imine (C=N–C) groups is 1. The zero-order chi connectivity index (χ0) is 15.4. The molecule has 22 heavy (non-hydrogen) atoms. The monoisotopic (exact) mass is 309 g/mol. The average molecular weight is 310 g/mol. The van der Waals surface area contributed by atoms with E-state index in [-0.39, 0.29) is 0 Å². The minimum Gasteiger partial charge on any atom is -0.294 e. The summed E-state index contributed by atoms with van der Waals surface area (Å²) in [6.07, 6.45) is 6.18. The number of hydrogen-bond donors (Lipinski definition) is 0. The van der Waals surface area contributed by atoms with Crippen molar-refractivity contribution in [2.24, 2.45) is 4.99 Å². The molecule has 0 aliphatic heterocycles. The SMILES string of the molecule is Cc1cc(Cl)ccc1N=C(Cc1ccccc1)n1ccnc1. The Morgan fingerprint density at radius 2 is 2.00 bits per heavy atom. The molecular formula is C18H16ClN3. The van der Waals surface area contributed by atoms with Crippen LogP contribution in [0.15, 0.2) is 72.2 Å². The molecule has 0 N–H and O–H groups in total. The lowest BCUT2D eigenvalue weighted by Crippen LogP contribution is -2.13. The van der Waals surface area contributed by atoms with E-state index in [1.54, 1.807) is 12.5 Å². The first-order valence-corrected chi connectivity index (χ1v) is 7.46. The largest absolute Gasteiger partial charge is 0.294 e. The zero-order valence-electron chi connectivity index (χ0n) is 12.3. The van der Waals surface area contributed by atoms with Crippen LogP contribution in [-0.4, -0.2) is 15.4 Å². The number of imidazole rings is 1. The lowest BCUT2D eigenvalue weighted by Gasteiger charge is -2.09. The Labute approximate surface area is 134 Å². The minimum absolute atomic E-state index is 0.726. The lowest BCUT2D eigenvalue weighted by molar-refractivity contribution is 1.07. The van der Waals surface area contributed by atoms with Gasteiger partial charge in [-0.25, -0.2) is 9.98 Å². The molecule has 4 heteroatoms. The van der Waals surface area contributed by atoms with Crippen LogP contribution in [0.5, 0.6) is 0 Å². The summed E-state index contributed by atoms with van der Waals surface area (Å²) in [5, 5.41) is 0.726. The number of nitrogens with zero attached hydrogens (tertiary/aromatic N) is 3. The van der Waals surface area contributed by atoms with E-state index in [2.05, 4.69) is 17.1 Å². The van der Waals surface area contributed by atoms with Crippen molar-refractivity contribution >= 4 is 23.1 Å². The lowest BCUT2D eigenvalue weighted by atomic mass is 10.1. The molecule has 1 aromatic heterocycles. The van der Waals surface area contributed by atoms with Gasteiger partial charge in [-0.1, -0.05) is 41.9 Å². The number of aryl methyl sites for hydroxylation is 1. The van der Waals surface area contributed by atoms with Gasteiger partial charge in [0, 0.05) is 23.8 Å². The topological polar surface area (TPSA) is 30.2 Å². The minimum atomic E-state index is 0.726. The van der Waals surface area contributed by atoms with E-state index in [0.29, 0.717) is 0 Å². The van der Waals surface area contributed by atoms with Gasteiger partial charge in [0.1, 0.15) is 12.2 Å². The van der Waals surface area contributed by atoms with Gasteiger partial charge in [0.15, 0.2) is 0 Å². The van der Waals surface area contributed by atoms with E-state index in [4.69, 9.17) is 16.6 Å². The number of rotatable bonds is 3. The van der Waals surface area contributed by atoms with Gasteiger partial charge in [0.25, 0.3) is 0 Å². The average Bonchev–Trinajstić information content (AvgIpc) is 3.04. The van der Waals surface area contributed by atoms with Gasteiger partial charge in [0.05, 0.1) is 5.69 Å². The van der Waals surface area contributed by atoms with Gasteiger partial charge in [-0.2, -0.15) is 0 Å². The highest BCUT2D eigenvalue weighted by Crippen LogP contribution is 2.23. The highest BCUT2D eigenvalue weighted by atomic mass is 35.5. The second kappa shape index (κ2) is 6.58. The van der Waals surface area contributed by atoms with Crippen molar-refractivity contribution in [1.29, 1.82) is 0 Å². The molecule has 0 amide bonds. The molecule has 0 fully saturated rings. The molecule has 3 rings (SSSR count). The molecule has 0 aliphatic rings. The van der Waals surface area contributed by atoms with Gasteiger partial charge in [-0.15, -0.1) is 0 Å². The van der Waals surface area contributed by atoms with Crippen molar-refractivity contribution in [1.82, 2.24) is 9.55 Å². The molecule has 0 saturated carbocycles. The fourth-order valence-electron chi connectivity index (χ4n) is 2.26. The van der Waals surface area contributed by atoms with E-state index in [1.807, 2.05) is 54.1 Å². The van der Waals surface area contributed by atoms with Gasteiger partial charge in [0.2, 0.25) is 0 Å². The number of halogens is 1. The Morgan fingerprint density at radius 3 is 2.68 bits per heavy atom. The van der Waals surface area contributed by atoms with Crippen LogP contribution in [-0.2, 0) is 6.42 Å². The van der Waals surface area contributed by atoms with Crippen LogP contribution in [0.1, 0.15) is 11.1 Å². The van der Waals surface area contributed by atoms with Crippen molar-refractivity contribution < 1.29 is 0 Å². The fourth-order valence-corrected chi connectivity index (χ4v) is 2.49. The molecule has 0 radical (unpaired) electrons. The third kappa shape index (κ3) is 3.43. The molecule has 3 aromatic rings. The third-order valence-electron chi connectivity index (χ3n) is 3.42. The van der Waals surface area contributed by atoms with Crippen molar-refractivity contribution in [3.63, 3.8) is 0 Å². The molecule has 0 atom stereocenters. The second-order valence-corrected chi connectivity index (χ2v) is 5.53. The summed E-state index contributed by atoms with van der Waals surface area (Å²) in [6, 6.07) is 16.0. The maximum Gasteiger partial charge on any atom is 0.119 e. The molecule has 0 bridgehead atoms. The smallest absolute Gasteiger partial charge is 0.119 e. The molecule has 110 valence electrons. The second-order valence-electron chi connectivity index (χ2n) is 5.09. The van der Waals surface area contributed by atoms with E-state index in [1.165, 1.54) is 5.56 Å². The highest BCUT2D eigenvalue weighted by molar-refractivity contribution is 6.30. The first-order valence-electron chi connectivity index (χ1n) is 7.08. The summed E-state index contributed by atoms with van der Waals surface area (Å²) in [6.45, 7) is 2.01. The quantitative estimate of drug-likeness (QED) is 0.511. The van der Waals surface area contributed by atoms with Crippen LogP contribution in [0.3, 0.4) is 0 Å². The van der Waals surface area contributed by atoms with Gasteiger partial charge in [-0.05, 0) is 36.2 Å². The van der Waals surface area contributed by atoms with Crippen molar-refractivity contribution in [3.05, 3.63) is 83.4 Å². The Bertz CT molecular complexity index is 777. The summed E-state index contributed by atoms with van der Waals surface area (Å²) in [5.74, 6) is 0.925. The zero-order valence-corrected chi connectivity index (χ0v) is 13.0. The van der Waals surface area contributed by atoms with Crippen molar-refractivity contribution in [2.45, 2.75) is 13.3 Å².